The van der Waals surface area contributed by atoms with Crippen molar-refractivity contribution < 1.29 is 19.0 Å². The number of hydrogen-bond donors (Lipinski definition) is 1. The van der Waals surface area contributed by atoms with Crippen LogP contribution in [0.4, 0.5) is 4.39 Å². The van der Waals surface area contributed by atoms with Gasteiger partial charge in [0.05, 0.1) is 24.0 Å². The molecular weight excluding hydrogens is 299 g/mol. The van der Waals surface area contributed by atoms with E-state index < -0.39 is 11.9 Å². The smallest absolute Gasteiger partial charge is 0.316 e. The molecule has 0 aliphatic carbocycles. The lowest BCUT2D eigenvalue weighted by atomic mass is 9.96. The third kappa shape index (κ3) is 3.66. The van der Waals surface area contributed by atoms with Crippen LogP contribution < -0.4 is 4.74 Å². The van der Waals surface area contributed by atoms with E-state index in [1.807, 2.05) is 0 Å². The Labute approximate surface area is 125 Å². The van der Waals surface area contributed by atoms with Crippen LogP contribution in [0.5, 0.6) is 6.01 Å². The van der Waals surface area contributed by atoms with Gasteiger partial charge in [-0.3, -0.25) is 4.79 Å². The van der Waals surface area contributed by atoms with Gasteiger partial charge in [-0.1, -0.05) is 23.7 Å². The summed E-state index contributed by atoms with van der Waals surface area (Å²) in [6, 6.07) is 5.64. The summed E-state index contributed by atoms with van der Waals surface area (Å²) < 4.78 is 17.8. The third-order valence-electron chi connectivity index (χ3n) is 2.91. The first-order chi connectivity index (χ1) is 10.0. The van der Waals surface area contributed by atoms with Crippen LogP contribution >= 0.6 is 11.6 Å². The largest absolute Gasteiger partial charge is 0.481 e. The van der Waals surface area contributed by atoms with Crippen molar-refractivity contribution in [1.82, 2.24) is 9.97 Å². The Kier molecular flexibility index (Phi) is 4.70. The van der Waals surface area contributed by atoms with Gasteiger partial charge in [0.25, 0.3) is 0 Å². The van der Waals surface area contributed by atoms with Crippen molar-refractivity contribution in [2.24, 2.45) is 0 Å². The van der Waals surface area contributed by atoms with Crippen LogP contribution in [-0.4, -0.2) is 28.2 Å². The van der Waals surface area contributed by atoms with Crippen LogP contribution in [0.3, 0.4) is 0 Å². The molecule has 0 bridgehead atoms. The molecule has 2 rings (SSSR count). The third-order valence-corrected chi connectivity index (χ3v) is 3.20. The van der Waals surface area contributed by atoms with E-state index in [2.05, 4.69) is 9.97 Å². The summed E-state index contributed by atoms with van der Waals surface area (Å²) in [6.07, 6.45) is 1.43. The number of hydrogen-bond acceptors (Lipinski definition) is 4. The van der Waals surface area contributed by atoms with Crippen molar-refractivity contribution in [2.75, 3.05) is 7.11 Å². The van der Waals surface area contributed by atoms with Crippen molar-refractivity contribution in [3.63, 3.8) is 0 Å². The maximum absolute atomic E-state index is 12.9. The average molecular weight is 311 g/mol. The number of aliphatic carboxylic acids is 1. The van der Waals surface area contributed by atoms with Gasteiger partial charge >= 0.3 is 12.0 Å². The van der Waals surface area contributed by atoms with Crippen molar-refractivity contribution in [2.45, 2.75) is 12.3 Å². The van der Waals surface area contributed by atoms with E-state index >= 15 is 0 Å². The van der Waals surface area contributed by atoms with Gasteiger partial charge in [-0.05, 0) is 24.1 Å². The predicted octanol–water partition coefficient (Wildman–Crippen LogP) is 2.69. The van der Waals surface area contributed by atoms with Crippen LogP contribution in [0.1, 0.15) is 17.2 Å². The molecule has 0 amide bonds. The summed E-state index contributed by atoms with van der Waals surface area (Å²) in [5.74, 6) is -2.44. The number of halogens is 2. The van der Waals surface area contributed by atoms with Gasteiger partial charge in [-0.2, -0.15) is 4.98 Å². The van der Waals surface area contributed by atoms with E-state index in [1.54, 1.807) is 0 Å². The zero-order valence-electron chi connectivity index (χ0n) is 11.1. The highest BCUT2D eigenvalue weighted by Crippen LogP contribution is 2.27. The van der Waals surface area contributed by atoms with E-state index in [9.17, 15) is 14.3 Å². The van der Waals surface area contributed by atoms with Crippen LogP contribution in [0.25, 0.3) is 0 Å². The number of aromatic nitrogens is 2. The number of methoxy groups -OCH3 is 1. The summed E-state index contributed by atoms with van der Waals surface area (Å²) in [7, 11) is 1.38. The molecule has 7 heteroatoms. The molecule has 5 nitrogen and oxygen atoms in total. The Bertz CT molecular complexity index is 649. The molecule has 1 aromatic heterocycles. The lowest BCUT2D eigenvalue weighted by Gasteiger charge is -2.14. The Morgan fingerprint density at radius 3 is 2.67 bits per heavy atom. The molecule has 1 atom stereocenters. The van der Waals surface area contributed by atoms with E-state index in [0.29, 0.717) is 5.56 Å². The second kappa shape index (κ2) is 6.49. The maximum Gasteiger partial charge on any atom is 0.316 e. The van der Waals surface area contributed by atoms with Gasteiger partial charge < -0.3 is 9.84 Å². The molecule has 0 spiro atoms. The zero-order chi connectivity index (χ0) is 15.4. The van der Waals surface area contributed by atoms with E-state index in [-0.39, 0.29) is 29.0 Å². The number of ether oxygens (including phenoxy) is 1. The summed E-state index contributed by atoms with van der Waals surface area (Å²) in [5, 5.41) is 9.54. The lowest BCUT2D eigenvalue weighted by molar-refractivity contribution is -0.138. The topological polar surface area (TPSA) is 72.3 Å². The molecule has 0 aliphatic rings. The lowest BCUT2D eigenvalue weighted by Crippen LogP contribution is -2.17. The number of carboxylic acid groups (broad SMARTS) is 1. The predicted molar refractivity (Wildman–Crippen MR) is 74.1 cm³/mol. The van der Waals surface area contributed by atoms with Crippen LogP contribution in [0.2, 0.25) is 5.02 Å². The summed E-state index contributed by atoms with van der Waals surface area (Å²) >= 11 is 5.98. The van der Waals surface area contributed by atoms with Gasteiger partial charge in [0.2, 0.25) is 0 Å². The second-order valence-corrected chi connectivity index (χ2v) is 4.72. The molecule has 0 saturated heterocycles. The van der Waals surface area contributed by atoms with E-state index in [4.69, 9.17) is 16.3 Å². The Balaban J connectivity index is 2.35. The average Bonchev–Trinajstić information content (AvgIpc) is 2.47. The Morgan fingerprint density at radius 2 is 2.10 bits per heavy atom. The van der Waals surface area contributed by atoms with Gasteiger partial charge in [0.15, 0.2) is 0 Å². The van der Waals surface area contributed by atoms with Crippen molar-refractivity contribution in [3.8, 4) is 6.01 Å². The summed E-state index contributed by atoms with van der Waals surface area (Å²) in [6.45, 7) is 0. The minimum absolute atomic E-state index is 0.0414. The van der Waals surface area contributed by atoms with Crippen molar-refractivity contribution in [3.05, 3.63) is 52.6 Å². The molecular formula is C14H12ClFN2O3. The molecule has 1 aromatic carbocycles. The fourth-order valence-electron chi connectivity index (χ4n) is 1.86. The quantitative estimate of drug-likeness (QED) is 0.919. The molecule has 0 radical (unpaired) electrons. The fourth-order valence-corrected chi connectivity index (χ4v) is 2.09. The van der Waals surface area contributed by atoms with Crippen LogP contribution in [0, 0.1) is 5.82 Å². The molecule has 0 aliphatic heterocycles. The minimum atomic E-state index is -1.08. The van der Waals surface area contributed by atoms with Gasteiger partial charge in [-0.25, -0.2) is 9.37 Å². The first kappa shape index (κ1) is 15.2. The minimum Gasteiger partial charge on any atom is -0.481 e. The molecule has 1 heterocycles. The summed E-state index contributed by atoms with van der Waals surface area (Å²) in [4.78, 5) is 19.3. The number of carboxylic acids is 1. The monoisotopic (exact) mass is 310 g/mol. The number of carbonyl (C=O) groups is 1. The zero-order valence-corrected chi connectivity index (χ0v) is 11.8. The Morgan fingerprint density at radius 1 is 1.43 bits per heavy atom. The van der Waals surface area contributed by atoms with Crippen LogP contribution in [0.15, 0.2) is 30.5 Å². The fraction of sp³-hybridized carbons (Fsp3) is 0.214. The first-order valence-electron chi connectivity index (χ1n) is 6.05. The molecule has 2 aromatic rings. The summed E-state index contributed by atoms with van der Waals surface area (Å²) in [5.41, 5.74) is 0.831. The highest BCUT2D eigenvalue weighted by atomic mass is 35.5. The molecule has 0 fully saturated rings. The van der Waals surface area contributed by atoms with Crippen molar-refractivity contribution in [1.29, 1.82) is 0 Å². The Hall–Kier alpha value is -2.21. The molecule has 0 saturated carbocycles. The van der Waals surface area contributed by atoms with Gasteiger partial charge in [-0.15, -0.1) is 0 Å². The standard InChI is InChI=1S/C14H12ClFN2O3/c1-21-14-17-7-11(15)12(18-14)10(13(19)20)6-8-2-4-9(16)5-3-8/h2-5,7,10H,6H2,1H3,(H,19,20). The highest BCUT2D eigenvalue weighted by molar-refractivity contribution is 6.31. The van der Waals surface area contributed by atoms with Crippen LogP contribution in [-0.2, 0) is 11.2 Å². The molecule has 21 heavy (non-hydrogen) atoms. The van der Waals surface area contributed by atoms with Gasteiger partial charge in [0.1, 0.15) is 11.7 Å². The number of nitrogens with zero attached hydrogens (tertiary/aromatic N) is 2. The number of benzene rings is 1. The maximum atomic E-state index is 12.9. The highest BCUT2D eigenvalue weighted by Gasteiger charge is 2.25. The molecule has 1 unspecified atom stereocenters. The first-order valence-corrected chi connectivity index (χ1v) is 6.42. The van der Waals surface area contributed by atoms with E-state index in [1.165, 1.54) is 37.6 Å². The molecule has 1 N–H and O–H groups in total. The van der Waals surface area contributed by atoms with E-state index in [0.717, 1.165) is 0 Å². The SMILES string of the molecule is COc1ncc(Cl)c(C(Cc2ccc(F)cc2)C(=O)O)n1. The normalized spacial score (nSPS) is 12.0. The van der Waals surface area contributed by atoms with Gasteiger partial charge in [0, 0.05) is 0 Å². The number of rotatable bonds is 5. The van der Waals surface area contributed by atoms with Crippen molar-refractivity contribution >= 4 is 17.6 Å². The second-order valence-electron chi connectivity index (χ2n) is 4.31. The molecule has 110 valence electrons.